The summed E-state index contributed by atoms with van der Waals surface area (Å²) in [6.07, 6.45) is 1.65. The minimum atomic E-state index is -0.210. The largest absolute Gasteiger partial charge is 0.492 e. The molecule has 2 aliphatic heterocycles. The van der Waals surface area contributed by atoms with Crippen molar-refractivity contribution in [2.75, 3.05) is 53.0 Å². The van der Waals surface area contributed by atoms with Gasteiger partial charge in [0, 0.05) is 52.4 Å². The third-order valence-corrected chi connectivity index (χ3v) is 7.24. The van der Waals surface area contributed by atoms with Crippen LogP contribution in [0.5, 0.6) is 5.75 Å². The fourth-order valence-electron chi connectivity index (χ4n) is 5.28. The first-order valence-corrected chi connectivity index (χ1v) is 13.2. The monoisotopic (exact) mass is 487 g/mol. The molecule has 6 heteroatoms. The maximum Gasteiger partial charge on any atom is 0.251 e. The molecule has 190 valence electrons. The van der Waals surface area contributed by atoms with E-state index in [0.717, 1.165) is 71.0 Å². The topological polar surface area (TPSA) is 45.2 Å². The van der Waals surface area contributed by atoms with Gasteiger partial charge in [0.2, 0.25) is 0 Å². The van der Waals surface area contributed by atoms with Gasteiger partial charge < -0.3 is 14.4 Å². The van der Waals surface area contributed by atoms with E-state index >= 15 is 0 Å². The van der Waals surface area contributed by atoms with Gasteiger partial charge in [-0.2, -0.15) is 0 Å². The molecule has 0 aliphatic carbocycles. The van der Waals surface area contributed by atoms with Crippen LogP contribution >= 0.6 is 0 Å². The fraction of sp³-hybridized carbons (Fsp3) is 0.433. The van der Waals surface area contributed by atoms with Crippen molar-refractivity contribution in [3.05, 3.63) is 77.9 Å². The van der Waals surface area contributed by atoms with Crippen molar-refractivity contribution in [1.82, 2.24) is 14.7 Å². The van der Waals surface area contributed by atoms with Crippen molar-refractivity contribution in [2.45, 2.75) is 32.0 Å². The summed E-state index contributed by atoms with van der Waals surface area (Å²) in [7, 11) is 2.17. The average molecular weight is 488 g/mol. The van der Waals surface area contributed by atoms with Gasteiger partial charge in [-0.1, -0.05) is 54.6 Å². The van der Waals surface area contributed by atoms with Crippen molar-refractivity contribution >= 4 is 16.7 Å². The molecule has 3 aromatic rings. The number of nitrogens with zero attached hydrogens (tertiary/aromatic N) is 3. The van der Waals surface area contributed by atoms with Crippen molar-refractivity contribution in [1.29, 1.82) is 0 Å². The van der Waals surface area contributed by atoms with Crippen LogP contribution < -0.4 is 4.74 Å². The van der Waals surface area contributed by atoms with E-state index in [0.29, 0.717) is 6.61 Å². The maximum atomic E-state index is 12.5. The van der Waals surface area contributed by atoms with E-state index in [4.69, 9.17) is 9.47 Å². The molecule has 2 saturated heterocycles. The predicted molar refractivity (Wildman–Crippen MR) is 143 cm³/mol. The minimum absolute atomic E-state index is 0.172. The zero-order valence-electron chi connectivity index (χ0n) is 21.3. The van der Waals surface area contributed by atoms with Crippen LogP contribution in [0.2, 0.25) is 0 Å². The number of carbonyl (C=O) groups excluding carboxylic acids is 1. The van der Waals surface area contributed by atoms with Crippen molar-refractivity contribution in [3.63, 3.8) is 0 Å². The second kappa shape index (κ2) is 11.9. The van der Waals surface area contributed by atoms with Crippen molar-refractivity contribution < 1.29 is 14.3 Å². The van der Waals surface area contributed by atoms with Gasteiger partial charge in [-0.25, -0.2) is 0 Å². The fourth-order valence-corrected chi connectivity index (χ4v) is 5.28. The molecule has 0 bridgehead atoms. The summed E-state index contributed by atoms with van der Waals surface area (Å²) in [5.41, 5.74) is 2.59. The van der Waals surface area contributed by atoms with Gasteiger partial charge in [0.15, 0.2) is 0 Å². The number of ether oxygens (including phenoxy) is 2. The zero-order chi connectivity index (χ0) is 24.7. The Morgan fingerprint density at radius 3 is 2.64 bits per heavy atom. The summed E-state index contributed by atoms with van der Waals surface area (Å²) in [6.45, 7) is 7.32. The summed E-state index contributed by atoms with van der Waals surface area (Å²) in [5.74, 6) is 1.09. The Labute approximate surface area is 214 Å². The van der Waals surface area contributed by atoms with Gasteiger partial charge in [0.1, 0.15) is 18.5 Å². The lowest BCUT2D eigenvalue weighted by molar-refractivity contribution is -0.142. The molecule has 0 saturated carbocycles. The number of fused-ring (bicyclic) bond motifs is 1. The summed E-state index contributed by atoms with van der Waals surface area (Å²) in [6, 6.07) is 23.5. The highest BCUT2D eigenvalue weighted by atomic mass is 16.5. The molecule has 1 amide bonds. The lowest BCUT2D eigenvalue weighted by atomic mass is 10.0. The first-order chi connectivity index (χ1) is 17.7. The Morgan fingerprint density at radius 1 is 1.00 bits per heavy atom. The van der Waals surface area contributed by atoms with E-state index in [2.05, 4.69) is 77.5 Å². The Balaban J connectivity index is 1.06. The van der Waals surface area contributed by atoms with Gasteiger partial charge >= 0.3 is 0 Å². The van der Waals surface area contributed by atoms with E-state index in [9.17, 15) is 4.79 Å². The Kier molecular flexibility index (Phi) is 8.16. The van der Waals surface area contributed by atoms with Crippen LogP contribution in [0, 0.1) is 0 Å². The van der Waals surface area contributed by atoms with Crippen LogP contribution in [-0.4, -0.2) is 79.7 Å². The molecule has 0 N–H and O–H groups in total. The quantitative estimate of drug-likeness (QED) is 0.453. The molecule has 5 rings (SSSR count). The first-order valence-electron chi connectivity index (χ1n) is 13.2. The molecule has 6 nitrogen and oxygen atoms in total. The molecule has 1 atom stereocenters. The molecule has 0 radical (unpaired) electrons. The van der Waals surface area contributed by atoms with Gasteiger partial charge in [0.25, 0.3) is 5.91 Å². The van der Waals surface area contributed by atoms with Crippen LogP contribution in [0.3, 0.4) is 0 Å². The van der Waals surface area contributed by atoms with Gasteiger partial charge in [-0.15, -0.1) is 0 Å². The van der Waals surface area contributed by atoms with Crippen molar-refractivity contribution in [3.8, 4) is 5.75 Å². The summed E-state index contributed by atoms with van der Waals surface area (Å²) < 4.78 is 11.7. The molecule has 0 unspecified atom stereocenters. The highest BCUT2D eigenvalue weighted by Crippen LogP contribution is 2.21. The summed E-state index contributed by atoms with van der Waals surface area (Å²) in [5, 5.41) is 2.61. The zero-order valence-corrected chi connectivity index (χ0v) is 21.3. The molecule has 2 aliphatic rings. The van der Waals surface area contributed by atoms with Crippen LogP contribution in [0.4, 0.5) is 0 Å². The molecule has 2 fully saturated rings. The van der Waals surface area contributed by atoms with Gasteiger partial charge in [-0.3, -0.25) is 14.6 Å². The van der Waals surface area contributed by atoms with E-state index in [1.165, 1.54) is 21.9 Å². The molecule has 0 aromatic heterocycles. The Hall–Kier alpha value is -2.93. The van der Waals surface area contributed by atoms with E-state index in [1.807, 2.05) is 11.0 Å². The highest BCUT2D eigenvalue weighted by Gasteiger charge is 2.30. The minimum Gasteiger partial charge on any atom is -0.492 e. The number of piperazine rings is 1. The molecule has 0 spiro atoms. The van der Waals surface area contributed by atoms with E-state index in [-0.39, 0.29) is 12.0 Å². The number of rotatable bonds is 9. The molecule has 3 aromatic carbocycles. The number of carbonyl (C=O) groups is 1. The van der Waals surface area contributed by atoms with Crippen LogP contribution in [0.15, 0.2) is 66.7 Å². The van der Waals surface area contributed by atoms with E-state index in [1.54, 1.807) is 0 Å². The molecule has 36 heavy (non-hydrogen) atoms. The van der Waals surface area contributed by atoms with E-state index < -0.39 is 0 Å². The van der Waals surface area contributed by atoms with Gasteiger partial charge in [0.05, 0.1) is 0 Å². The number of amides is 1. The smallest absolute Gasteiger partial charge is 0.251 e. The summed E-state index contributed by atoms with van der Waals surface area (Å²) >= 11 is 0. The number of hydrogen-bond donors (Lipinski definition) is 0. The SMILES string of the molecule is CN(Cc1cccc(OCCN2CCN(C(=O)[C@@H]3CCCO3)CC2)c1)Cc1cccc2ccccc12. The third-order valence-electron chi connectivity index (χ3n) is 7.24. The maximum absolute atomic E-state index is 12.5. The van der Waals surface area contributed by atoms with Crippen molar-refractivity contribution in [2.24, 2.45) is 0 Å². The highest BCUT2D eigenvalue weighted by molar-refractivity contribution is 5.85. The molecule has 2 heterocycles. The third kappa shape index (κ3) is 6.25. The average Bonchev–Trinajstić information content (AvgIpc) is 3.44. The number of benzene rings is 3. The second-order valence-corrected chi connectivity index (χ2v) is 9.98. The normalized spacial score (nSPS) is 18.7. The standard InChI is InChI=1S/C30H37N3O3/c1-31(23-26-10-5-9-25-8-2-3-12-28(25)26)22-24-7-4-11-27(21-24)35-20-18-32-14-16-33(17-15-32)30(34)29-13-6-19-36-29/h2-5,7-12,21,29H,6,13-20,22-23H2,1H3/t29-/m0/s1. The lowest BCUT2D eigenvalue weighted by Gasteiger charge is -2.35. The van der Waals surface area contributed by atoms with Gasteiger partial charge in [-0.05, 0) is 53.9 Å². The number of hydrogen-bond acceptors (Lipinski definition) is 5. The van der Waals surface area contributed by atoms with Crippen LogP contribution in [0.1, 0.15) is 24.0 Å². The molecular formula is C30H37N3O3. The lowest BCUT2D eigenvalue weighted by Crippen LogP contribution is -2.52. The Morgan fingerprint density at radius 2 is 1.81 bits per heavy atom. The Bertz CT molecular complexity index is 1150. The molecular weight excluding hydrogens is 450 g/mol. The first kappa shape index (κ1) is 24.8. The summed E-state index contributed by atoms with van der Waals surface area (Å²) in [4.78, 5) is 19.2. The second-order valence-electron chi connectivity index (χ2n) is 9.98. The van der Waals surface area contributed by atoms with Crippen LogP contribution in [0.25, 0.3) is 10.8 Å². The predicted octanol–water partition coefficient (Wildman–Crippen LogP) is 4.17. The van der Waals surface area contributed by atoms with Crippen LogP contribution in [-0.2, 0) is 22.6 Å².